The number of carbonyl (C=O) groups is 1. The molecule has 0 aliphatic heterocycles. The molecule has 0 bridgehead atoms. The second-order valence-electron chi connectivity index (χ2n) is 5.31. The summed E-state index contributed by atoms with van der Waals surface area (Å²) in [6, 6.07) is 0. The highest BCUT2D eigenvalue weighted by molar-refractivity contribution is 5.77. The molecule has 1 atom stereocenters. The van der Waals surface area contributed by atoms with E-state index in [2.05, 4.69) is 10.1 Å². The summed E-state index contributed by atoms with van der Waals surface area (Å²) in [5.74, 6) is 1.35. The maximum Gasteiger partial charge on any atom is 0.318 e. The normalized spacial score (nSPS) is 22.1. The number of carbonyl (C=O) groups excluding carboxylic acids is 1. The van der Waals surface area contributed by atoms with Crippen LogP contribution in [0.4, 0.5) is 0 Å². The Morgan fingerprint density at radius 1 is 1.33 bits per heavy atom. The molecule has 3 rings (SSSR count). The Balaban J connectivity index is 1.83. The van der Waals surface area contributed by atoms with E-state index in [1.807, 2.05) is 0 Å². The van der Waals surface area contributed by atoms with E-state index in [0.717, 1.165) is 31.5 Å². The third-order valence-corrected chi connectivity index (χ3v) is 3.99. The van der Waals surface area contributed by atoms with E-state index < -0.39 is 0 Å². The summed E-state index contributed by atoms with van der Waals surface area (Å²) in [6.07, 6.45) is 6.68. The van der Waals surface area contributed by atoms with Gasteiger partial charge in [0.05, 0.1) is 7.11 Å². The van der Waals surface area contributed by atoms with Gasteiger partial charge in [0, 0.05) is 5.92 Å². The molecular weight excluding hydrogens is 232 g/mol. The minimum atomic E-state index is -0.363. The van der Waals surface area contributed by atoms with Crippen molar-refractivity contribution in [2.45, 2.75) is 50.4 Å². The lowest BCUT2D eigenvalue weighted by Gasteiger charge is -2.16. The monoisotopic (exact) mass is 250 g/mol. The molecule has 0 amide bonds. The van der Waals surface area contributed by atoms with Crippen LogP contribution in [0.1, 0.15) is 62.1 Å². The van der Waals surface area contributed by atoms with E-state index in [4.69, 9.17) is 9.26 Å². The molecule has 98 valence electrons. The first-order chi connectivity index (χ1) is 8.79. The van der Waals surface area contributed by atoms with Crippen molar-refractivity contribution in [3.8, 4) is 0 Å². The van der Waals surface area contributed by atoms with Gasteiger partial charge in [-0.2, -0.15) is 4.98 Å². The molecule has 1 unspecified atom stereocenters. The van der Waals surface area contributed by atoms with Crippen LogP contribution in [0, 0.1) is 5.92 Å². The second-order valence-corrected chi connectivity index (χ2v) is 5.31. The first-order valence-electron chi connectivity index (χ1n) is 6.71. The summed E-state index contributed by atoms with van der Waals surface area (Å²) in [5, 5.41) is 3.99. The Labute approximate surface area is 106 Å². The Kier molecular flexibility index (Phi) is 3.06. The van der Waals surface area contributed by atoms with Gasteiger partial charge in [-0.1, -0.05) is 18.0 Å². The minimum absolute atomic E-state index is 0.243. The number of esters is 1. The standard InChI is InChI=1S/C13H18N2O3/c1-17-13(16)10(8-4-2-3-5-8)12-14-11(15-18-12)9-6-7-9/h8-10H,2-7H2,1H3. The predicted octanol–water partition coefficient (Wildman–Crippen LogP) is 2.39. The molecular formula is C13H18N2O3. The van der Waals surface area contributed by atoms with Crippen molar-refractivity contribution in [3.05, 3.63) is 11.7 Å². The van der Waals surface area contributed by atoms with E-state index in [1.54, 1.807) is 0 Å². The molecule has 0 N–H and O–H groups in total. The van der Waals surface area contributed by atoms with Gasteiger partial charge in [-0.15, -0.1) is 0 Å². The van der Waals surface area contributed by atoms with Crippen molar-refractivity contribution in [2.24, 2.45) is 5.92 Å². The minimum Gasteiger partial charge on any atom is -0.468 e. The van der Waals surface area contributed by atoms with Crippen molar-refractivity contribution >= 4 is 5.97 Å². The SMILES string of the molecule is COC(=O)C(c1nc(C2CC2)no1)C1CCCC1. The van der Waals surface area contributed by atoms with Gasteiger partial charge >= 0.3 is 5.97 Å². The summed E-state index contributed by atoms with van der Waals surface area (Å²) in [4.78, 5) is 16.4. The lowest BCUT2D eigenvalue weighted by Crippen LogP contribution is -2.21. The molecule has 5 nitrogen and oxygen atoms in total. The molecule has 1 aromatic heterocycles. The number of ether oxygens (including phenoxy) is 1. The molecule has 0 saturated heterocycles. The molecule has 0 aromatic carbocycles. The lowest BCUT2D eigenvalue weighted by atomic mass is 9.91. The van der Waals surface area contributed by atoms with Crippen LogP contribution >= 0.6 is 0 Å². The van der Waals surface area contributed by atoms with Gasteiger partial charge in [0.1, 0.15) is 5.92 Å². The van der Waals surface area contributed by atoms with Crippen LogP contribution in [0.15, 0.2) is 4.52 Å². The first-order valence-corrected chi connectivity index (χ1v) is 6.71. The predicted molar refractivity (Wildman–Crippen MR) is 63.0 cm³/mol. The quantitative estimate of drug-likeness (QED) is 0.768. The van der Waals surface area contributed by atoms with E-state index in [0.29, 0.717) is 17.7 Å². The third kappa shape index (κ3) is 2.13. The van der Waals surface area contributed by atoms with Crippen molar-refractivity contribution < 1.29 is 14.1 Å². The third-order valence-electron chi connectivity index (χ3n) is 3.99. The largest absolute Gasteiger partial charge is 0.468 e. The molecule has 0 spiro atoms. The Morgan fingerprint density at radius 2 is 2.06 bits per heavy atom. The molecule has 1 heterocycles. The molecule has 2 saturated carbocycles. The zero-order valence-corrected chi connectivity index (χ0v) is 10.6. The molecule has 18 heavy (non-hydrogen) atoms. The van der Waals surface area contributed by atoms with Crippen molar-refractivity contribution in [1.82, 2.24) is 10.1 Å². The van der Waals surface area contributed by atoms with Crippen LogP contribution in [0.5, 0.6) is 0 Å². The average Bonchev–Trinajstić information content (AvgIpc) is 2.91. The van der Waals surface area contributed by atoms with Crippen molar-refractivity contribution in [1.29, 1.82) is 0 Å². The first kappa shape index (κ1) is 11.7. The van der Waals surface area contributed by atoms with E-state index in [1.165, 1.54) is 20.0 Å². The fraction of sp³-hybridized carbons (Fsp3) is 0.769. The maximum atomic E-state index is 11.9. The van der Waals surface area contributed by atoms with Gasteiger partial charge in [0.15, 0.2) is 5.82 Å². The molecule has 5 heteroatoms. The van der Waals surface area contributed by atoms with Crippen LogP contribution in [0.25, 0.3) is 0 Å². The van der Waals surface area contributed by atoms with Gasteiger partial charge < -0.3 is 9.26 Å². The number of methoxy groups -OCH3 is 1. The summed E-state index contributed by atoms with van der Waals surface area (Å²) in [7, 11) is 1.42. The van der Waals surface area contributed by atoms with E-state index >= 15 is 0 Å². The summed E-state index contributed by atoms with van der Waals surface area (Å²) in [6.45, 7) is 0. The van der Waals surface area contributed by atoms with E-state index in [9.17, 15) is 4.79 Å². The van der Waals surface area contributed by atoms with Crippen LogP contribution in [-0.4, -0.2) is 23.2 Å². The average molecular weight is 250 g/mol. The molecule has 1 aromatic rings. The topological polar surface area (TPSA) is 65.2 Å². The lowest BCUT2D eigenvalue weighted by molar-refractivity contribution is -0.144. The van der Waals surface area contributed by atoms with Crippen LogP contribution < -0.4 is 0 Å². The van der Waals surface area contributed by atoms with Gasteiger partial charge in [-0.3, -0.25) is 4.79 Å². The highest BCUT2D eigenvalue weighted by Gasteiger charge is 2.38. The van der Waals surface area contributed by atoms with Crippen LogP contribution in [-0.2, 0) is 9.53 Å². The highest BCUT2D eigenvalue weighted by atomic mass is 16.5. The van der Waals surface area contributed by atoms with Gasteiger partial charge in [0.2, 0.25) is 5.89 Å². The summed E-state index contributed by atoms with van der Waals surface area (Å²) < 4.78 is 10.2. The van der Waals surface area contributed by atoms with E-state index in [-0.39, 0.29) is 11.9 Å². The van der Waals surface area contributed by atoms with Gasteiger partial charge in [-0.05, 0) is 31.6 Å². The Hall–Kier alpha value is -1.39. The number of rotatable bonds is 4. The Bertz CT molecular complexity index is 433. The number of hydrogen-bond acceptors (Lipinski definition) is 5. The van der Waals surface area contributed by atoms with Crippen LogP contribution in [0.2, 0.25) is 0 Å². The molecule has 2 aliphatic rings. The smallest absolute Gasteiger partial charge is 0.318 e. The number of nitrogens with zero attached hydrogens (tertiary/aromatic N) is 2. The highest BCUT2D eigenvalue weighted by Crippen LogP contribution is 2.41. The summed E-state index contributed by atoms with van der Waals surface area (Å²) >= 11 is 0. The molecule has 0 radical (unpaired) electrons. The number of hydrogen-bond donors (Lipinski definition) is 0. The second kappa shape index (κ2) is 4.71. The van der Waals surface area contributed by atoms with Gasteiger partial charge in [0.25, 0.3) is 0 Å². The van der Waals surface area contributed by atoms with Crippen LogP contribution in [0.3, 0.4) is 0 Å². The molecule has 2 aliphatic carbocycles. The molecule has 2 fully saturated rings. The summed E-state index contributed by atoms with van der Waals surface area (Å²) in [5.41, 5.74) is 0. The van der Waals surface area contributed by atoms with Crippen molar-refractivity contribution in [2.75, 3.05) is 7.11 Å². The fourth-order valence-electron chi connectivity index (χ4n) is 2.79. The fourth-order valence-corrected chi connectivity index (χ4v) is 2.79. The van der Waals surface area contributed by atoms with Gasteiger partial charge in [-0.25, -0.2) is 0 Å². The number of aromatic nitrogens is 2. The Morgan fingerprint density at radius 3 is 2.67 bits per heavy atom. The van der Waals surface area contributed by atoms with Crippen molar-refractivity contribution in [3.63, 3.8) is 0 Å². The zero-order valence-electron chi connectivity index (χ0n) is 10.6. The maximum absolute atomic E-state index is 11.9. The zero-order chi connectivity index (χ0) is 12.5.